The van der Waals surface area contributed by atoms with Crippen LogP contribution >= 0.6 is 0 Å². The topological polar surface area (TPSA) is 66.9 Å². The molecule has 1 amide bonds. The van der Waals surface area contributed by atoms with E-state index in [0.29, 0.717) is 6.42 Å². The second kappa shape index (κ2) is 6.68. The molecule has 3 aromatic heterocycles. The number of carbonyl (C=O) groups excluding carboxylic acids is 1. The van der Waals surface area contributed by atoms with Crippen LogP contribution in [-0.4, -0.2) is 56.4 Å². The zero-order chi connectivity index (χ0) is 17.2. The predicted molar refractivity (Wildman–Crippen MR) is 92.0 cm³/mol. The molecule has 0 saturated carbocycles. The first-order valence-electron chi connectivity index (χ1n) is 8.52. The highest BCUT2D eigenvalue weighted by Gasteiger charge is 2.22. The van der Waals surface area contributed by atoms with Crippen LogP contribution in [0.3, 0.4) is 0 Å². The van der Waals surface area contributed by atoms with Gasteiger partial charge in [0, 0.05) is 44.6 Å². The Labute approximate surface area is 145 Å². The van der Waals surface area contributed by atoms with Gasteiger partial charge in [-0.3, -0.25) is 9.69 Å². The zero-order valence-corrected chi connectivity index (χ0v) is 14.3. The van der Waals surface area contributed by atoms with Crippen molar-refractivity contribution in [2.45, 2.75) is 19.9 Å². The van der Waals surface area contributed by atoms with Crippen molar-refractivity contribution in [3.05, 3.63) is 53.8 Å². The molecular formula is C18H21N5O2. The molecular weight excluding hydrogens is 318 g/mol. The highest BCUT2D eigenvalue weighted by Crippen LogP contribution is 2.12. The predicted octanol–water partition coefficient (Wildman–Crippen LogP) is 1.52. The Hall–Kier alpha value is -2.67. The van der Waals surface area contributed by atoms with Crippen LogP contribution in [0.5, 0.6) is 0 Å². The molecule has 0 aliphatic carbocycles. The van der Waals surface area contributed by atoms with Crippen molar-refractivity contribution in [1.82, 2.24) is 24.3 Å². The number of piperazine rings is 1. The lowest BCUT2D eigenvalue weighted by atomic mass is 10.2. The summed E-state index contributed by atoms with van der Waals surface area (Å²) in [6.07, 6.45) is 4.22. The third-order valence-electron chi connectivity index (χ3n) is 4.53. The first-order valence-corrected chi connectivity index (χ1v) is 8.52. The summed E-state index contributed by atoms with van der Waals surface area (Å²) in [6.45, 7) is 5.82. The average molecular weight is 339 g/mol. The molecule has 4 rings (SSSR count). The summed E-state index contributed by atoms with van der Waals surface area (Å²) in [5, 5.41) is 3.91. The van der Waals surface area contributed by atoms with Crippen molar-refractivity contribution in [2.75, 3.05) is 26.2 Å². The van der Waals surface area contributed by atoms with Crippen molar-refractivity contribution in [2.24, 2.45) is 0 Å². The second-order valence-electron chi connectivity index (χ2n) is 6.47. The van der Waals surface area contributed by atoms with Gasteiger partial charge < -0.3 is 13.8 Å². The van der Waals surface area contributed by atoms with Gasteiger partial charge in [0.25, 0.3) is 0 Å². The molecule has 1 saturated heterocycles. The fraction of sp³-hybridized carbons (Fsp3) is 0.389. The lowest BCUT2D eigenvalue weighted by Gasteiger charge is -2.34. The normalized spacial score (nSPS) is 15.8. The number of carbonyl (C=O) groups is 1. The van der Waals surface area contributed by atoms with Crippen LogP contribution in [0.1, 0.15) is 17.1 Å². The number of aromatic nitrogens is 3. The maximum atomic E-state index is 12.5. The first-order chi connectivity index (χ1) is 12.2. The Kier molecular flexibility index (Phi) is 4.23. The zero-order valence-electron chi connectivity index (χ0n) is 14.3. The number of hydrogen-bond donors (Lipinski definition) is 0. The summed E-state index contributed by atoms with van der Waals surface area (Å²) in [7, 11) is 0. The average Bonchev–Trinajstić information content (AvgIpc) is 3.20. The monoisotopic (exact) mass is 339 g/mol. The van der Waals surface area contributed by atoms with Crippen molar-refractivity contribution < 1.29 is 9.32 Å². The number of nitrogens with zero attached hydrogens (tertiary/aromatic N) is 5. The standard InChI is InChI=1S/C18H21N5O2/c1-14-10-16(25-20-14)13-21-6-8-22(9-7-21)18(24)11-15-12-23-5-3-2-4-17(23)19-15/h2-5,10,12H,6-9,11,13H2,1H3. The number of rotatable bonds is 4. The molecule has 3 aromatic rings. The van der Waals surface area contributed by atoms with E-state index in [4.69, 9.17) is 4.52 Å². The smallest absolute Gasteiger partial charge is 0.228 e. The number of imidazole rings is 1. The summed E-state index contributed by atoms with van der Waals surface area (Å²) in [5.74, 6) is 1.01. The molecule has 0 unspecified atom stereocenters. The van der Waals surface area contributed by atoms with Gasteiger partial charge >= 0.3 is 0 Å². The van der Waals surface area contributed by atoms with Crippen molar-refractivity contribution >= 4 is 11.6 Å². The summed E-state index contributed by atoms with van der Waals surface area (Å²) < 4.78 is 7.21. The van der Waals surface area contributed by atoms with E-state index in [1.165, 1.54) is 0 Å². The largest absolute Gasteiger partial charge is 0.360 e. The highest BCUT2D eigenvalue weighted by atomic mass is 16.5. The third kappa shape index (κ3) is 3.56. The minimum absolute atomic E-state index is 0.138. The molecule has 0 N–H and O–H groups in total. The van der Waals surface area contributed by atoms with Gasteiger partial charge in [-0.25, -0.2) is 4.98 Å². The Bertz CT molecular complexity index is 843. The van der Waals surface area contributed by atoms with Crippen LogP contribution in [0.2, 0.25) is 0 Å². The van der Waals surface area contributed by atoms with Crippen LogP contribution in [0.4, 0.5) is 0 Å². The van der Waals surface area contributed by atoms with E-state index in [2.05, 4.69) is 15.0 Å². The molecule has 0 bridgehead atoms. The number of pyridine rings is 1. The van der Waals surface area contributed by atoms with Gasteiger partial charge in [-0.05, 0) is 19.1 Å². The minimum atomic E-state index is 0.138. The SMILES string of the molecule is Cc1cc(CN2CCN(C(=O)Cc3cn4ccccc4n3)CC2)on1. The Balaban J connectivity index is 1.31. The van der Waals surface area contributed by atoms with E-state index in [0.717, 1.165) is 55.5 Å². The Morgan fingerprint density at radius 2 is 2.08 bits per heavy atom. The molecule has 0 radical (unpaired) electrons. The third-order valence-corrected chi connectivity index (χ3v) is 4.53. The van der Waals surface area contributed by atoms with E-state index in [1.807, 2.05) is 52.9 Å². The van der Waals surface area contributed by atoms with E-state index in [-0.39, 0.29) is 5.91 Å². The van der Waals surface area contributed by atoms with Crippen LogP contribution in [0.25, 0.3) is 5.65 Å². The highest BCUT2D eigenvalue weighted by molar-refractivity contribution is 5.78. The van der Waals surface area contributed by atoms with Crippen LogP contribution in [0, 0.1) is 6.92 Å². The summed E-state index contributed by atoms with van der Waals surface area (Å²) >= 11 is 0. The van der Waals surface area contributed by atoms with Gasteiger partial charge in [-0.2, -0.15) is 0 Å². The number of fused-ring (bicyclic) bond motifs is 1. The van der Waals surface area contributed by atoms with E-state index in [1.54, 1.807) is 0 Å². The number of aryl methyl sites for hydroxylation is 1. The minimum Gasteiger partial charge on any atom is -0.360 e. The Morgan fingerprint density at radius 3 is 2.80 bits per heavy atom. The molecule has 4 heterocycles. The van der Waals surface area contributed by atoms with E-state index < -0.39 is 0 Å². The van der Waals surface area contributed by atoms with E-state index in [9.17, 15) is 4.79 Å². The summed E-state index contributed by atoms with van der Waals surface area (Å²) in [4.78, 5) is 21.3. The molecule has 0 spiro atoms. The number of hydrogen-bond acceptors (Lipinski definition) is 5. The maximum absolute atomic E-state index is 12.5. The molecule has 0 aromatic carbocycles. The van der Waals surface area contributed by atoms with Gasteiger partial charge in [0.1, 0.15) is 5.65 Å². The molecule has 1 aliphatic heterocycles. The second-order valence-corrected chi connectivity index (χ2v) is 6.47. The van der Waals surface area contributed by atoms with Gasteiger partial charge in [-0.1, -0.05) is 11.2 Å². The first kappa shape index (κ1) is 15.8. The van der Waals surface area contributed by atoms with E-state index >= 15 is 0 Å². The lowest BCUT2D eigenvalue weighted by molar-refractivity contribution is -0.132. The quantitative estimate of drug-likeness (QED) is 0.721. The van der Waals surface area contributed by atoms with Crippen molar-refractivity contribution in [1.29, 1.82) is 0 Å². The van der Waals surface area contributed by atoms with Crippen molar-refractivity contribution in [3.8, 4) is 0 Å². The molecule has 1 aliphatic rings. The van der Waals surface area contributed by atoms with Gasteiger partial charge in [-0.15, -0.1) is 0 Å². The van der Waals surface area contributed by atoms with Gasteiger partial charge in [0.15, 0.2) is 5.76 Å². The van der Waals surface area contributed by atoms with Crippen LogP contribution in [0.15, 0.2) is 41.2 Å². The molecule has 130 valence electrons. The molecule has 25 heavy (non-hydrogen) atoms. The maximum Gasteiger partial charge on any atom is 0.228 e. The summed E-state index contributed by atoms with van der Waals surface area (Å²) in [5.41, 5.74) is 2.59. The lowest BCUT2D eigenvalue weighted by Crippen LogP contribution is -2.48. The molecule has 7 nitrogen and oxygen atoms in total. The Morgan fingerprint density at radius 1 is 1.24 bits per heavy atom. The molecule has 7 heteroatoms. The van der Waals surface area contributed by atoms with Crippen LogP contribution < -0.4 is 0 Å². The molecule has 0 atom stereocenters. The van der Waals surface area contributed by atoms with Gasteiger partial charge in [0.05, 0.1) is 24.4 Å². The fourth-order valence-electron chi connectivity index (χ4n) is 3.21. The van der Waals surface area contributed by atoms with Gasteiger partial charge in [0.2, 0.25) is 5.91 Å². The summed E-state index contributed by atoms with van der Waals surface area (Å²) in [6, 6.07) is 7.80. The molecule has 1 fully saturated rings. The van der Waals surface area contributed by atoms with Crippen molar-refractivity contribution in [3.63, 3.8) is 0 Å². The fourth-order valence-corrected chi connectivity index (χ4v) is 3.21. The van der Waals surface area contributed by atoms with Crippen LogP contribution in [-0.2, 0) is 17.8 Å². The number of amides is 1.